The third-order valence-corrected chi connectivity index (χ3v) is 2.58. The van der Waals surface area contributed by atoms with Crippen LogP contribution in [-0.4, -0.2) is 4.98 Å². The summed E-state index contributed by atoms with van der Waals surface area (Å²) in [5.41, 5.74) is 2.18. The molecule has 0 atom stereocenters. The van der Waals surface area contributed by atoms with E-state index < -0.39 is 0 Å². The predicted molar refractivity (Wildman–Crippen MR) is 69.3 cm³/mol. The van der Waals surface area contributed by atoms with Gasteiger partial charge in [0.2, 0.25) is 5.89 Å². The van der Waals surface area contributed by atoms with Crippen molar-refractivity contribution in [2.75, 3.05) is 0 Å². The maximum atomic E-state index is 13.0. The quantitative estimate of drug-likeness (QED) is 0.671. The maximum absolute atomic E-state index is 13.0. The largest absolute Gasteiger partial charge is 0.437 e. The van der Waals surface area contributed by atoms with Gasteiger partial charge in [0.25, 0.3) is 0 Å². The Morgan fingerprint density at radius 2 is 1.83 bits per heavy atom. The van der Waals surface area contributed by atoms with Gasteiger partial charge >= 0.3 is 0 Å². The predicted octanol–water partition coefficient (Wildman–Crippen LogP) is 4.14. The number of hydrogen-bond acceptors (Lipinski definition) is 2. The molecular weight excluding hydrogens is 229 g/mol. The molecule has 0 aliphatic rings. The highest BCUT2D eigenvalue weighted by atomic mass is 19.1. The van der Waals surface area contributed by atoms with Crippen molar-refractivity contribution >= 4 is 23.3 Å². The minimum atomic E-state index is -0.322. The molecule has 2 nitrogen and oxygen atoms in total. The van der Waals surface area contributed by atoms with Crippen molar-refractivity contribution in [3.63, 3.8) is 0 Å². The van der Waals surface area contributed by atoms with Gasteiger partial charge in [-0.2, -0.15) is 0 Å². The summed E-state index contributed by atoms with van der Waals surface area (Å²) in [6, 6.07) is 14.2. The molecule has 1 aromatic heterocycles. The van der Waals surface area contributed by atoms with Crippen LogP contribution < -0.4 is 0 Å². The average molecular weight is 239 g/mol. The number of benzene rings is 2. The first-order valence-corrected chi connectivity index (χ1v) is 5.60. The van der Waals surface area contributed by atoms with Crippen LogP contribution in [0.25, 0.3) is 23.3 Å². The molecule has 0 spiro atoms. The minimum absolute atomic E-state index is 0.322. The lowest BCUT2D eigenvalue weighted by Gasteiger charge is -1.89. The van der Waals surface area contributed by atoms with E-state index >= 15 is 0 Å². The van der Waals surface area contributed by atoms with Gasteiger partial charge in [0.15, 0.2) is 5.58 Å². The molecule has 0 unspecified atom stereocenters. The second kappa shape index (κ2) is 4.45. The smallest absolute Gasteiger partial charge is 0.220 e. The molecule has 0 aliphatic heterocycles. The SMILES string of the molecule is Fc1ccc2nc(/C=C/c3ccccc3)oc2c1. The van der Waals surface area contributed by atoms with Crippen LogP contribution in [0.15, 0.2) is 52.9 Å². The van der Waals surface area contributed by atoms with Crippen LogP contribution in [0.3, 0.4) is 0 Å². The van der Waals surface area contributed by atoms with Crippen LogP contribution in [0, 0.1) is 5.82 Å². The maximum Gasteiger partial charge on any atom is 0.220 e. The molecule has 18 heavy (non-hydrogen) atoms. The number of aromatic nitrogens is 1. The topological polar surface area (TPSA) is 26.0 Å². The summed E-state index contributed by atoms with van der Waals surface area (Å²) >= 11 is 0. The van der Waals surface area contributed by atoms with Crippen molar-refractivity contribution in [2.24, 2.45) is 0 Å². The van der Waals surface area contributed by atoms with Crippen molar-refractivity contribution in [3.05, 3.63) is 65.8 Å². The number of halogens is 1. The van der Waals surface area contributed by atoms with Crippen molar-refractivity contribution in [3.8, 4) is 0 Å². The summed E-state index contributed by atoms with van der Waals surface area (Å²) in [4.78, 5) is 4.25. The van der Waals surface area contributed by atoms with Gasteiger partial charge in [0, 0.05) is 12.1 Å². The summed E-state index contributed by atoms with van der Waals surface area (Å²) < 4.78 is 18.4. The number of rotatable bonds is 2. The lowest BCUT2D eigenvalue weighted by atomic mass is 10.2. The molecule has 1 heterocycles. The number of oxazole rings is 1. The molecular formula is C15H10FNO. The molecule has 0 aliphatic carbocycles. The molecule has 88 valence electrons. The second-order valence-corrected chi connectivity index (χ2v) is 3.91. The van der Waals surface area contributed by atoms with E-state index in [1.54, 1.807) is 12.1 Å². The van der Waals surface area contributed by atoms with E-state index in [9.17, 15) is 4.39 Å². The Balaban J connectivity index is 1.93. The zero-order chi connectivity index (χ0) is 12.4. The van der Waals surface area contributed by atoms with Gasteiger partial charge in [-0.3, -0.25) is 0 Å². The van der Waals surface area contributed by atoms with E-state index in [0.717, 1.165) is 5.56 Å². The summed E-state index contributed by atoms with van der Waals surface area (Å²) in [6.45, 7) is 0. The second-order valence-electron chi connectivity index (χ2n) is 3.91. The van der Waals surface area contributed by atoms with Gasteiger partial charge in [0.05, 0.1) is 0 Å². The van der Waals surface area contributed by atoms with Crippen LogP contribution in [0.4, 0.5) is 4.39 Å². The first-order valence-electron chi connectivity index (χ1n) is 5.60. The van der Waals surface area contributed by atoms with Gasteiger partial charge in [0.1, 0.15) is 11.3 Å². The highest BCUT2D eigenvalue weighted by Crippen LogP contribution is 2.18. The van der Waals surface area contributed by atoms with Gasteiger partial charge in [-0.05, 0) is 23.8 Å². The molecule has 3 rings (SSSR count). The van der Waals surface area contributed by atoms with E-state index in [1.807, 2.05) is 36.4 Å². The Morgan fingerprint density at radius 1 is 1.00 bits per heavy atom. The summed E-state index contributed by atoms with van der Waals surface area (Å²) in [7, 11) is 0. The lowest BCUT2D eigenvalue weighted by molar-refractivity contribution is 0.581. The Labute approximate surface area is 103 Å². The third kappa shape index (κ3) is 2.15. The Morgan fingerprint density at radius 3 is 2.67 bits per heavy atom. The van der Waals surface area contributed by atoms with Crippen molar-refractivity contribution in [1.82, 2.24) is 4.98 Å². The molecule has 0 amide bonds. The summed E-state index contributed by atoms with van der Waals surface area (Å²) in [5.74, 6) is 0.150. The zero-order valence-corrected chi connectivity index (χ0v) is 9.51. The normalized spacial score (nSPS) is 11.4. The molecule has 2 aromatic carbocycles. The summed E-state index contributed by atoms with van der Waals surface area (Å²) in [6.07, 6.45) is 3.67. The van der Waals surface area contributed by atoms with Crippen LogP contribution in [0.5, 0.6) is 0 Å². The van der Waals surface area contributed by atoms with E-state index in [0.29, 0.717) is 17.0 Å². The van der Waals surface area contributed by atoms with E-state index in [1.165, 1.54) is 12.1 Å². The van der Waals surface area contributed by atoms with Gasteiger partial charge in [-0.1, -0.05) is 30.3 Å². The molecule has 3 aromatic rings. The van der Waals surface area contributed by atoms with Crippen molar-refractivity contribution < 1.29 is 8.81 Å². The molecule has 0 N–H and O–H groups in total. The fourth-order valence-corrected chi connectivity index (χ4v) is 1.72. The van der Waals surface area contributed by atoms with Crippen molar-refractivity contribution in [2.45, 2.75) is 0 Å². The Hall–Kier alpha value is -2.42. The molecule has 0 radical (unpaired) electrons. The third-order valence-electron chi connectivity index (χ3n) is 2.58. The first kappa shape index (κ1) is 10.7. The Kier molecular flexibility index (Phi) is 2.65. The number of nitrogens with zero attached hydrogens (tertiary/aromatic N) is 1. The summed E-state index contributed by atoms with van der Waals surface area (Å²) in [5, 5.41) is 0. The molecule has 0 saturated carbocycles. The Bertz CT molecular complexity index is 701. The van der Waals surface area contributed by atoms with E-state index in [4.69, 9.17) is 4.42 Å². The fraction of sp³-hybridized carbons (Fsp3) is 0. The average Bonchev–Trinajstić information content (AvgIpc) is 2.79. The fourth-order valence-electron chi connectivity index (χ4n) is 1.72. The van der Waals surface area contributed by atoms with Crippen LogP contribution in [-0.2, 0) is 0 Å². The van der Waals surface area contributed by atoms with Crippen LogP contribution >= 0.6 is 0 Å². The molecule has 0 saturated heterocycles. The highest BCUT2D eigenvalue weighted by Gasteiger charge is 2.03. The monoisotopic (exact) mass is 239 g/mol. The van der Waals surface area contributed by atoms with Crippen molar-refractivity contribution in [1.29, 1.82) is 0 Å². The minimum Gasteiger partial charge on any atom is -0.437 e. The standard InChI is InChI=1S/C15H10FNO/c16-12-7-8-13-14(10-12)18-15(17-13)9-6-11-4-2-1-3-5-11/h1-10H/b9-6+. The highest BCUT2D eigenvalue weighted by molar-refractivity contribution is 5.76. The van der Waals surface area contributed by atoms with E-state index in [2.05, 4.69) is 4.98 Å². The van der Waals surface area contributed by atoms with Gasteiger partial charge < -0.3 is 4.42 Å². The van der Waals surface area contributed by atoms with Gasteiger partial charge in [-0.15, -0.1) is 0 Å². The first-order chi connectivity index (χ1) is 8.81. The van der Waals surface area contributed by atoms with Crippen LogP contribution in [0.2, 0.25) is 0 Å². The van der Waals surface area contributed by atoms with Crippen LogP contribution in [0.1, 0.15) is 11.5 Å². The number of fused-ring (bicyclic) bond motifs is 1. The number of hydrogen-bond donors (Lipinski definition) is 0. The lowest BCUT2D eigenvalue weighted by Crippen LogP contribution is -1.72. The zero-order valence-electron chi connectivity index (χ0n) is 9.51. The van der Waals surface area contributed by atoms with E-state index in [-0.39, 0.29) is 5.82 Å². The van der Waals surface area contributed by atoms with Gasteiger partial charge in [-0.25, -0.2) is 9.37 Å². The molecule has 0 fully saturated rings. The molecule has 0 bridgehead atoms. The molecule has 3 heteroatoms.